The lowest BCUT2D eigenvalue weighted by Crippen LogP contribution is -2.50. The van der Waals surface area contributed by atoms with Crippen molar-refractivity contribution in [3.05, 3.63) is 28.8 Å². The molecule has 0 aliphatic carbocycles. The number of halogens is 1. The quantitative estimate of drug-likeness (QED) is 0.634. The SMILES string of the molecule is CON(C)S(=O)(=O)c1cc(C(=O)N2CCN(CC3CCCO3)CC2)ccc1Cl. The van der Waals surface area contributed by atoms with E-state index in [2.05, 4.69) is 4.90 Å². The predicted molar refractivity (Wildman–Crippen MR) is 105 cm³/mol. The summed E-state index contributed by atoms with van der Waals surface area (Å²) in [5, 5.41) is 0.0434. The first kappa shape index (κ1) is 21.5. The molecule has 0 spiro atoms. The van der Waals surface area contributed by atoms with E-state index in [1.807, 2.05) is 0 Å². The van der Waals surface area contributed by atoms with Crippen LogP contribution >= 0.6 is 11.6 Å². The Morgan fingerprint density at radius 2 is 2.04 bits per heavy atom. The van der Waals surface area contributed by atoms with Gasteiger partial charge in [0.05, 0.1) is 18.2 Å². The smallest absolute Gasteiger partial charge is 0.266 e. The molecule has 1 amide bonds. The standard InChI is InChI=1S/C18H26ClN3O5S/c1-20(26-2)28(24,25)17-12-14(5-6-16(17)19)18(23)22-9-7-21(8-10-22)13-15-4-3-11-27-15/h5-6,12,15H,3-4,7-11,13H2,1-2H3. The predicted octanol–water partition coefficient (Wildman–Crippen LogP) is 1.46. The van der Waals surface area contributed by atoms with Crippen molar-refractivity contribution in [3.8, 4) is 0 Å². The van der Waals surface area contributed by atoms with Crippen molar-refractivity contribution in [3.63, 3.8) is 0 Å². The van der Waals surface area contributed by atoms with Gasteiger partial charge in [-0.2, -0.15) is 0 Å². The molecule has 2 saturated heterocycles. The number of nitrogens with zero attached hydrogens (tertiary/aromatic N) is 3. The number of carbonyl (C=O) groups excluding carboxylic acids is 1. The number of ether oxygens (including phenoxy) is 1. The third-order valence-corrected chi connectivity index (χ3v) is 7.36. The number of rotatable bonds is 6. The van der Waals surface area contributed by atoms with Gasteiger partial charge in [-0.1, -0.05) is 16.1 Å². The fourth-order valence-corrected chi connectivity index (χ4v) is 4.94. The molecule has 2 aliphatic rings. The number of amides is 1. The molecule has 2 aliphatic heterocycles. The van der Waals surface area contributed by atoms with Crippen LogP contribution in [0.4, 0.5) is 0 Å². The van der Waals surface area contributed by atoms with E-state index in [0.29, 0.717) is 29.2 Å². The Morgan fingerprint density at radius 3 is 2.64 bits per heavy atom. The lowest BCUT2D eigenvalue weighted by atomic mass is 10.1. The fourth-order valence-electron chi connectivity index (χ4n) is 3.46. The fraction of sp³-hybridized carbons (Fsp3) is 0.611. The molecule has 2 heterocycles. The van der Waals surface area contributed by atoms with Crippen LogP contribution in [0.3, 0.4) is 0 Å². The number of hydrogen-bond acceptors (Lipinski definition) is 6. The Kier molecular flexibility index (Phi) is 6.95. The van der Waals surface area contributed by atoms with E-state index < -0.39 is 10.0 Å². The zero-order valence-electron chi connectivity index (χ0n) is 16.1. The summed E-state index contributed by atoms with van der Waals surface area (Å²) in [4.78, 5) is 21.6. The molecule has 1 aromatic rings. The molecule has 156 valence electrons. The number of carbonyl (C=O) groups is 1. The summed E-state index contributed by atoms with van der Waals surface area (Å²) in [7, 11) is -1.42. The first-order valence-corrected chi connectivity index (χ1v) is 11.1. The van der Waals surface area contributed by atoms with Crippen LogP contribution < -0.4 is 0 Å². The minimum atomic E-state index is -3.94. The maximum atomic E-state index is 12.9. The molecule has 0 radical (unpaired) electrons. The molecule has 0 aromatic heterocycles. The lowest BCUT2D eigenvalue weighted by Gasteiger charge is -2.35. The van der Waals surface area contributed by atoms with Crippen molar-refractivity contribution in [2.45, 2.75) is 23.8 Å². The van der Waals surface area contributed by atoms with Crippen LogP contribution in [0.2, 0.25) is 5.02 Å². The molecule has 8 nitrogen and oxygen atoms in total. The van der Waals surface area contributed by atoms with E-state index in [4.69, 9.17) is 21.2 Å². The second-order valence-electron chi connectivity index (χ2n) is 6.97. The van der Waals surface area contributed by atoms with Crippen LogP contribution in [-0.2, 0) is 19.6 Å². The first-order valence-electron chi connectivity index (χ1n) is 9.28. The van der Waals surface area contributed by atoms with Gasteiger partial charge in [0, 0.05) is 51.9 Å². The van der Waals surface area contributed by atoms with Crippen molar-refractivity contribution in [1.29, 1.82) is 0 Å². The number of sulfonamides is 1. The zero-order valence-corrected chi connectivity index (χ0v) is 17.7. The summed E-state index contributed by atoms with van der Waals surface area (Å²) in [5.74, 6) is -0.204. The van der Waals surface area contributed by atoms with E-state index in [0.717, 1.165) is 39.1 Å². The summed E-state index contributed by atoms with van der Waals surface area (Å²) < 4.78 is 31.4. The van der Waals surface area contributed by atoms with Crippen LogP contribution in [0.15, 0.2) is 23.1 Å². The van der Waals surface area contributed by atoms with Gasteiger partial charge in [-0.15, -0.1) is 0 Å². The van der Waals surface area contributed by atoms with Crippen molar-refractivity contribution in [2.24, 2.45) is 0 Å². The monoisotopic (exact) mass is 431 g/mol. The van der Waals surface area contributed by atoms with Gasteiger partial charge < -0.3 is 9.64 Å². The molecule has 0 N–H and O–H groups in total. The van der Waals surface area contributed by atoms with Crippen molar-refractivity contribution < 1.29 is 22.8 Å². The number of hydrogen-bond donors (Lipinski definition) is 0. The van der Waals surface area contributed by atoms with Crippen LogP contribution in [0, 0.1) is 0 Å². The van der Waals surface area contributed by atoms with Crippen LogP contribution in [0.5, 0.6) is 0 Å². The Morgan fingerprint density at radius 1 is 1.32 bits per heavy atom. The second-order valence-corrected chi connectivity index (χ2v) is 9.28. The highest BCUT2D eigenvalue weighted by Crippen LogP contribution is 2.26. The average Bonchev–Trinajstić information content (AvgIpc) is 3.20. The Balaban J connectivity index is 1.67. The van der Waals surface area contributed by atoms with E-state index in [1.165, 1.54) is 26.3 Å². The van der Waals surface area contributed by atoms with E-state index >= 15 is 0 Å². The summed E-state index contributed by atoms with van der Waals surface area (Å²) in [5.41, 5.74) is 0.292. The minimum Gasteiger partial charge on any atom is -0.377 e. The van der Waals surface area contributed by atoms with E-state index in [-0.39, 0.29) is 15.8 Å². The van der Waals surface area contributed by atoms with Gasteiger partial charge in [0.2, 0.25) is 0 Å². The zero-order chi connectivity index (χ0) is 20.3. The third-order valence-electron chi connectivity index (χ3n) is 5.20. The second kappa shape index (κ2) is 9.06. The first-order chi connectivity index (χ1) is 13.3. The molecule has 1 aromatic carbocycles. The highest BCUT2D eigenvalue weighted by atomic mass is 35.5. The molecule has 3 rings (SSSR count). The maximum absolute atomic E-state index is 12.9. The van der Waals surface area contributed by atoms with Gasteiger partial charge in [-0.25, -0.2) is 8.42 Å². The van der Waals surface area contributed by atoms with Gasteiger partial charge in [-0.05, 0) is 31.0 Å². The van der Waals surface area contributed by atoms with Crippen molar-refractivity contribution in [1.82, 2.24) is 14.3 Å². The molecule has 0 bridgehead atoms. The topological polar surface area (TPSA) is 79.4 Å². The summed E-state index contributed by atoms with van der Waals surface area (Å²) >= 11 is 6.07. The van der Waals surface area contributed by atoms with Crippen molar-refractivity contribution >= 4 is 27.5 Å². The largest absolute Gasteiger partial charge is 0.377 e. The normalized spacial score (nSPS) is 21.4. The Bertz CT molecular complexity index is 805. The van der Waals surface area contributed by atoms with Crippen LogP contribution in [0.1, 0.15) is 23.2 Å². The molecule has 0 saturated carbocycles. The van der Waals surface area contributed by atoms with E-state index in [9.17, 15) is 13.2 Å². The summed E-state index contributed by atoms with van der Waals surface area (Å²) in [6.45, 7) is 4.47. The minimum absolute atomic E-state index is 0.0434. The third kappa shape index (κ3) is 4.67. The van der Waals surface area contributed by atoms with Gasteiger partial charge in [0.1, 0.15) is 4.90 Å². The van der Waals surface area contributed by atoms with Gasteiger partial charge in [0.15, 0.2) is 0 Å². The number of hydroxylamine groups is 1. The van der Waals surface area contributed by atoms with Gasteiger partial charge in [-0.3, -0.25) is 14.5 Å². The Labute approximate surface area is 170 Å². The van der Waals surface area contributed by atoms with Crippen molar-refractivity contribution in [2.75, 3.05) is 53.5 Å². The Hall–Kier alpha value is -1.23. The molecular formula is C18H26ClN3O5S. The molecule has 28 heavy (non-hydrogen) atoms. The highest BCUT2D eigenvalue weighted by Gasteiger charge is 2.28. The van der Waals surface area contributed by atoms with Gasteiger partial charge >= 0.3 is 0 Å². The van der Waals surface area contributed by atoms with Crippen LogP contribution in [0.25, 0.3) is 0 Å². The molecule has 10 heteroatoms. The van der Waals surface area contributed by atoms with Crippen LogP contribution in [-0.4, -0.2) is 88.2 Å². The molecule has 1 unspecified atom stereocenters. The highest BCUT2D eigenvalue weighted by molar-refractivity contribution is 7.89. The maximum Gasteiger partial charge on any atom is 0.266 e. The van der Waals surface area contributed by atoms with E-state index in [1.54, 1.807) is 11.0 Å². The lowest BCUT2D eigenvalue weighted by molar-refractivity contribution is -0.0258. The molecular weight excluding hydrogens is 406 g/mol. The summed E-state index contributed by atoms with van der Waals surface area (Å²) in [6, 6.07) is 4.29. The molecule has 1 atom stereocenters. The van der Waals surface area contributed by atoms with Gasteiger partial charge in [0.25, 0.3) is 15.9 Å². The number of piperazine rings is 1. The summed E-state index contributed by atoms with van der Waals surface area (Å²) in [6.07, 6.45) is 2.50. The molecule has 2 fully saturated rings. The average molecular weight is 432 g/mol. The number of benzene rings is 1.